The number of nitrogens with one attached hydrogen (secondary N) is 2. The number of benzene rings is 2. The van der Waals surface area contributed by atoms with Crippen LogP contribution in [-0.4, -0.2) is 49.0 Å². The van der Waals surface area contributed by atoms with E-state index in [2.05, 4.69) is 50.5 Å². The van der Waals surface area contributed by atoms with Gasteiger partial charge >= 0.3 is 6.09 Å². The van der Waals surface area contributed by atoms with Crippen molar-refractivity contribution in [2.45, 2.75) is 32.5 Å². The quantitative estimate of drug-likeness (QED) is 0.228. The zero-order chi connectivity index (χ0) is 28.3. The number of amides is 1. The van der Waals surface area contributed by atoms with Crippen LogP contribution >= 0.6 is 23.5 Å². The molecule has 0 bridgehead atoms. The van der Waals surface area contributed by atoms with Crippen molar-refractivity contribution < 1.29 is 14.3 Å². The first-order chi connectivity index (χ1) is 19.9. The number of anilines is 2. The van der Waals surface area contributed by atoms with E-state index < -0.39 is 6.09 Å². The molecule has 2 aromatic carbocycles. The van der Waals surface area contributed by atoms with Crippen molar-refractivity contribution in [3.05, 3.63) is 88.5 Å². The van der Waals surface area contributed by atoms with Crippen molar-refractivity contribution >= 4 is 41.0 Å². The number of carbonyl (C=O) groups excluding carboxylic acids is 1. The van der Waals surface area contributed by atoms with Gasteiger partial charge in [-0.15, -0.1) is 0 Å². The highest BCUT2D eigenvalue weighted by atomic mass is 32.2. The number of aromatic nitrogens is 2. The van der Waals surface area contributed by atoms with Crippen LogP contribution in [-0.2, 0) is 9.47 Å². The maximum absolute atomic E-state index is 12.7. The fourth-order valence-corrected chi connectivity index (χ4v) is 7.31. The topological polar surface area (TPSA) is 123 Å². The van der Waals surface area contributed by atoms with Crippen LogP contribution in [0.3, 0.4) is 0 Å². The van der Waals surface area contributed by atoms with E-state index in [0.29, 0.717) is 13.2 Å². The number of carbonyl (C=O) groups is 1. The highest BCUT2D eigenvalue weighted by molar-refractivity contribution is 8.05. The normalized spacial score (nSPS) is 15.0. The minimum atomic E-state index is -0.828. The fraction of sp³-hybridized carbons (Fsp3) is 0.233. The Hall–Kier alpha value is -3.93. The van der Waals surface area contributed by atoms with Gasteiger partial charge in [-0.3, -0.25) is 9.78 Å². The van der Waals surface area contributed by atoms with Crippen molar-refractivity contribution in [3.8, 4) is 11.3 Å². The molecular weight excluding hydrogens is 558 g/mol. The number of aryl methyl sites for hydroxylation is 1. The smallest absolute Gasteiger partial charge is 0.404 e. The molecule has 6 rings (SSSR count). The Morgan fingerprint density at radius 3 is 2.76 bits per heavy atom. The van der Waals surface area contributed by atoms with Gasteiger partial charge in [-0.05, 0) is 55.0 Å². The highest BCUT2D eigenvalue weighted by Crippen LogP contribution is 2.52. The van der Waals surface area contributed by atoms with E-state index in [1.165, 1.54) is 0 Å². The standard InChI is InChI=1S/C30H29N5O4S2/c1-18-7-8-32-23(13-18)24(17-39-30(31)37)33-19-5-6-25-27(14-19)40-26-4-2-3-21(29(26)41-25)22-15-20(16-28(36)34-22)35-9-11-38-12-10-35/h2-8,13-16,24,33H,9-12,17H2,1H3,(H2,31,37)(H,34,36). The third-order valence-corrected chi connectivity index (χ3v) is 9.47. The molecule has 11 heteroatoms. The minimum Gasteiger partial charge on any atom is -0.447 e. The van der Waals surface area contributed by atoms with Gasteiger partial charge in [0.05, 0.1) is 24.6 Å². The Bertz CT molecular complexity index is 1650. The number of rotatable bonds is 7. The van der Waals surface area contributed by atoms with Crippen molar-refractivity contribution in [2.75, 3.05) is 43.1 Å². The van der Waals surface area contributed by atoms with Crippen LogP contribution < -0.4 is 21.5 Å². The number of H-pyrrole nitrogens is 1. The summed E-state index contributed by atoms with van der Waals surface area (Å²) in [4.78, 5) is 38.1. The molecule has 0 saturated carbocycles. The van der Waals surface area contributed by atoms with Crippen LogP contribution in [0.5, 0.6) is 0 Å². The van der Waals surface area contributed by atoms with Crippen LogP contribution in [0.1, 0.15) is 17.3 Å². The molecule has 0 radical (unpaired) electrons. The van der Waals surface area contributed by atoms with E-state index in [1.54, 1.807) is 35.8 Å². The number of fused-ring (bicyclic) bond motifs is 2. The largest absolute Gasteiger partial charge is 0.447 e. The lowest BCUT2D eigenvalue weighted by atomic mass is 10.1. The molecule has 1 unspecified atom stereocenters. The van der Waals surface area contributed by atoms with E-state index in [0.717, 1.165) is 66.6 Å². The van der Waals surface area contributed by atoms with Gasteiger partial charge in [0.25, 0.3) is 0 Å². The minimum absolute atomic E-state index is 0.0542. The molecule has 2 aliphatic rings. The zero-order valence-corrected chi connectivity index (χ0v) is 24.0. The SMILES string of the molecule is Cc1ccnc(C(COC(N)=O)Nc2ccc3c(c2)Sc2cccc(-c4cc(N5CCOCC5)cc(=O)[nH]4)c2S3)c1. The summed E-state index contributed by atoms with van der Waals surface area (Å²) in [6.07, 6.45) is 0.910. The van der Waals surface area contributed by atoms with Gasteiger partial charge in [0.2, 0.25) is 5.56 Å². The zero-order valence-electron chi connectivity index (χ0n) is 22.4. The first kappa shape index (κ1) is 27.3. The Morgan fingerprint density at radius 2 is 1.95 bits per heavy atom. The molecule has 4 heterocycles. The lowest BCUT2D eigenvalue weighted by Gasteiger charge is -2.29. The van der Waals surface area contributed by atoms with E-state index in [1.807, 2.05) is 31.2 Å². The van der Waals surface area contributed by atoms with Crippen LogP contribution in [0.2, 0.25) is 0 Å². The molecule has 1 amide bonds. The summed E-state index contributed by atoms with van der Waals surface area (Å²) in [6.45, 7) is 4.88. The van der Waals surface area contributed by atoms with Crippen LogP contribution in [0.15, 0.2) is 91.2 Å². The van der Waals surface area contributed by atoms with Crippen molar-refractivity contribution in [3.63, 3.8) is 0 Å². The number of pyridine rings is 2. The molecular formula is C30H29N5O4S2. The van der Waals surface area contributed by atoms with Crippen molar-refractivity contribution in [1.82, 2.24) is 9.97 Å². The average molecular weight is 588 g/mol. The monoisotopic (exact) mass is 587 g/mol. The van der Waals surface area contributed by atoms with Gasteiger partial charge in [0.15, 0.2) is 0 Å². The summed E-state index contributed by atoms with van der Waals surface area (Å²) < 4.78 is 10.6. The first-order valence-electron chi connectivity index (χ1n) is 13.2. The van der Waals surface area contributed by atoms with Crippen molar-refractivity contribution in [2.24, 2.45) is 5.73 Å². The Morgan fingerprint density at radius 1 is 1.10 bits per heavy atom. The number of morpholine rings is 1. The predicted molar refractivity (Wildman–Crippen MR) is 161 cm³/mol. The third-order valence-electron chi connectivity index (χ3n) is 6.88. The van der Waals surface area contributed by atoms with Gasteiger partial charge in [0.1, 0.15) is 12.6 Å². The number of nitrogens with two attached hydrogens (primary N) is 1. The third kappa shape index (κ3) is 6.22. The molecule has 4 N–H and O–H groups in total. The van der Waals surface area contributed by atoms with Gasteiger partial charge in [-0.2, -0.15) is 0 Å². The first-order valence-corrected chi connectivity index (χ1v) is 14.9. The second-order valence-electron chi connectivity index (χ2n) is 9.80. The van der Waals surface area contributed by atoms with E-state index in [-0.39, 0.29) is 18.2 Å². The van der Waals surface area contributed by atoms with Gasteiger partial charge < -0.3 is 30.4 Å². The van der Waals surface area contributed by atoms with Gasteiger partial charge in [0, 0.05) is 61.9 Å². The Kier molecular flexibility index (Phi) is 7.91. The van der Waals surface area contributed by atoms with Crippen molar-refractivity contribution in [1.29, 1.82) is 0 Å². The fourth-order valence-electron chi connectivity index (χ4n) is 4.90. The molecule has 4 aromatic rings. The van der Waals surface area contributed by atoms with E-state index in [9.17, 15) is 9.59 Å². The van der Waals surface area contributed by atoms with Crippen LogP contribution in [0.25, 0.3) is 11.3 Å². The number of hydrogen-bond donors (Lipinski definition) is 3. The molecule has 0 aliphatic carbocycles. The van der Waals surface area contributed by atoms with Crippen LogP contribution in [0.4, 0.5) is 16.2 Å². The summed E-state index contributed by atoms with van der Waals surface area (Å²) in [7, 11) is 0. The average Bonchev–Trinajstić information content (AvgIpc) is 2.98. The molecule has 41 heavy (non-hydrogen) atoms. The second kappa shape index (κ2) is 11.9. The number of hydrogen-bond acceptors (Lipinski definition) is 9. The summed E-state index contributed by atoms with van der Waals surface area (Å²) in [6, 6.07) is 19.6. The maximum atomic E-state index is 12.7. The predicted octanol–water partition coefficient (Wildman–Crippen LogP) is 5.45. The molecule has 1 fully saturated rings. The Balaban J connectivity index is 1.27. The van der Waals surface area contributed by atoms with Gasteiger partial charge in [-0.25, -0.2) is 4.79 Å². The molecule has 210 valence electrons. The number of primary amides is 1. The number of ether oxygens (including phenoxy) is 2. The summed E-state index contributed by atoms with van der Waals surface area (Å²) in [5.74, 6) is 0. The lowest BCUT2D eigenvalue weighted by molar-refractivity contribution is 0.122. The molecule has 1 saturated heterocycles. The lowest BCUT2D eigenvalue weighted by Crippen LogP contribution is -2.36. The Labute approximate surface area is 245 Å². The highest BCUT2D eigenvalue weighted by Gasteiger charge is 2.23. The summed E-state index contributed by atoms with van der Waals surface area (Å²) >= 11 is 3.37. The maximum Gasteiger partial charge on any atom is 0.404 e. The van der Waals surface area contributed by atoms with Gasteiger partial charge in [-0.1, -0.05) is 35.7 Å². The number of aromatic amines is 1. The molecule has 2 aromatic heterocycles. The molecule has 1 atom stereocenters. The molecule has 2 aliphatic heterocycles. The summed E-state index contributed by atoms with van der Waals surface area (Å²) in [5.41, 5.74) is 10.5. The molecule has 0 spiro atoms. The van der Waals surface area contributed by atoms with E-state index in [4.69, 9.17) is 15.2 Å². The van der Waals surface area contributed by atoms with E-state index >= 15 is 0 Å². The molecule has 9 nitrogen and oxygen atoms in total. The second-order valence-corrected chi connectivity index (χ2v) is 11.9. The van der Waals surface area contributed by atoms with Crippen LogP contribution in [0, 0.1) is 6.92 Å². The number of nitrogens with zero attached hydrogens (tertiary/aromatic N) is 2. The summed E-state index contributed by atoms with van der Waals surface area (Å²) in [5, 5.41) is 3.46.